The first-order valence-electron chi connectivity index (χ1n) is 6.72. The van der Waals surface area contributed by atoms with Crippen molar-refractivity contribution in [2.45, 2.75) is 0 Å². The number of halogens is 1. The Morgan fingerprint density at radius 1 is 0.909 bits per heavy atom. The molecule has 1 aliphatic heterocycles. The quantitative estimate of drug-likeness (QED) is 0.886. The van der Waals surface area contributed by atoms with Crippen molar-refractivity contribution in [1.29, 1.82) is 0 Å². The Balaban J connectivity index is 2.06. The zero-order valence-electron chi connectivity index (χ0n) is 11.8. The van der Waals surface area contributed by atoms with Gasteiger partial charge in [0.05, 0.1) is 5.57 Å². The molecular weight excluding hydrogens is 283 g/mol. The molecule has 0 spiro atoms. The van der Waals surface area contributed by atoms with Crippen LogP contribution in [0.3, 0.4) is 0 Å². The van der Waals surface area contributed by atoms with Gasteiger partial charge in [-0.15, -0.1) is 0 Å². The van der Waals surface area contributed by atoms with E-state index in [1.165, 1.54) is 31.3 Å². The summed E-state index contributed by atoms with van der Waals surface area (Å²) in [6.45, 7) is 0. The summed E-state index contributed by atoms with van der Waals surface area (Å²) in [5.41, 5.74) is 1.72. The third-order valence-electron chi connectivity index (χ3n) is 3.46. The van der Waals surface area contributed by atoms with E-state index in [9.17, 15) is 14.0 Å². The Bertz CT molecular complexity index is 767. The molecule has 1 aliphatic rings. The molecule has 1 heterocycles. The highest BCUT2D eigenvalue weighted by molar-refractivity contribution is 6.36. The Hall–Kier alpha value is -2.95. The van der Waals surface area contributed by atoms with Crippen LogP contribution in [-0.2, 0) is 9.59 Å². The molecule has 3 rings (SSSR count). The van der Waals surface area contributed by atoms with E-state index in [1.807, 2.05) is 6.07 Å². The molecule has 0 saturated heterocycles. The third-order valence-corrected chi connectivity index (χ3v) is 3.46. The fourth-order valence-electron chi connectivity index (χ4n) is 2.31. The topological polar surface area (TPSA) is 49.4 Å². The summed E-state index contributed by atoms with van der Waals surface area (Å²) in [6.07, 6.45) is 0. The Morgan fingerprint density at radius 2 is 1.55 bits per heavy atom. The lowest BCUT2D eigenvalue weighted by Gasteiger charge is -2.08. The predicted molar refractivity (Wildman–Crippen MR) is 81.2 cm³/mol. The predicted octanol–water partition coefficient (Wildman–Crippen LogP) is 2.65. The molecule has 2 amide bonds. The minimum Gasteiger partial charge on any atom is -0.350 e. The van der Waals surface area contributed by atoms with E-state index in [0.717, 1.165) is 4.90 Å². The van der Waals surface area contributed by atoms with E-state index in [4.69, 9.17) is 0 Å². The molecule has 0 bridgehead atoms. The summed E-state index contributed by atoms with van der Waals surface area (Å²) in [6, 6.07) is 14.6. The van der Waals surface area contributed by atoms with Gasteiger partial charge in [0, 0.05) is 12.7 Å². The monoisotopic (exact) mass is 296 g/mol. The highest BCUT2D eigenvalue weighted by Crippen LogP contribution is 2.29. The van der Waals surface area contributed by atoms with E-state index in [2.05, 4.69) is 5.32 Å². The number of nitrogens with one attached hydrogen (secondary N) is 1. The van der Waals surface area contributed by atoms with Gasteiger partial charge in [-0.1, -0.05) is 30.3 Å². The van der Waals surface area contributed by atoms with Gasteiger partial charge in [-0.05, 0) is 29.8 Å². The summed E-state index contributed by atoms with van der Waals surface area (Å²) in [4.78, 5) is 25.7. The Kier molecular flexibility index (Phi) is 3.47. The van der Waals surface area contributed by atoms with Gasteiger partial charge in [-0.25, -0.2) is 4.39 Å². The Labute approximate surface area is 126 Å². The van der Waals surface area contributed by atoms with Crippen LogP contribution in [0.2, 0.25) is 0 Å². The van der Waals surface area contributed by atoms with Crippen LogP contribution in [0.5, 0.6) is 0 Å². The van der Waals surface area contributed by atoms with Crippen LogP contribution in [0.25, 0.3) is 5.57 Å². The zero-order chi connectivity index (χ0) is 15.7. The molecule has 0 saturated carbocycles. The number of anilines is 1. The van der Waals surface area contributed by atoms with Gasteiger partial charge in [0.15, 0.2) is 0 Å². The first kappa shape index (κ1) is 14.0. The molecule has 0 aromatic heterocycles. The van der Waals surface area contributed by atoms with E-state index in [-0.39, 0.29) is 17.4 Å². The van der Waals surface area contributed by atoms with Gasteiger partial charge in [0.2, 0.25) is 0 Å². The third kappa shape index (κ3) is 2.37. The summed E-state index contributed by atoms with van der Waals surface area (Å²) < 4.78 is 13.0. The molecule has 0 atom stereocenters. The number of imide groups is 1. The van der Waals surface area contributed by atoms with Crippen molar-refractivity contribution in [3.8, 4) is 0 Å². The lowest BCUT2D eigenvalue weighted by Crippen LogP contribution is -2.27. The fourth-order valence-corrected chi connectivity index (χ4v) is 2.31. The SMILES string of the molecule is CN1C(=O)C(Nc2ccc(F)cc2)=C(c2ccccc2)C1=O. The molecule has 0 aliphatic carbocycles. The molecule has 110 valence electrons. The summed E-state index contributed by atoms with van der Waals surface area (Å²) >= 11 is 0. The smallest absolute Gasteiger partial charge is 0.277 e. The average Bonchev–Trinajstić information content (AvgIpc) is 2.75. The highest BCUT2D eigenvalue weighted by Gasteiger charge is 2.36. The van der Waals surface area contributed by atoms with Crippen molar-refractivity contribution in [2.24, 2.45) is 0 Å². The van der Waals surface area contributed by atoms with Gasteiger partial charge in [0.1, 0.15) is 11.5 Å². The second kappa shape index (κ2) is 5.44. The number of amides is 2. The number of rotatable bonds is 3. The van der Waals surface area contributed by atoms with Crippen LogP contribution in [0.15, 0.2) is 60.3 Å². The second-order valence-electron chi connectivity index (χ2n) is 4.92. The lowest BCUT2D eigenvalue weighted by molar-refractivity contribution is -0.135. The van der Waals surface area contributed by atoms with Crippen molar-refractivity contribution < 1.29 is 14.0 Å². The zero-order valence-corrected chi connectivity index (χ0v) is 11.8. The molecule has 0 unspecified atom stereocenters. The largest absolute Gasteiger partial charge is 0.350 e. The molecule has 2 aromatic rings. The molecule has 22 heavy (non-hydrogen) atoms. The fraction of sp³-hybridized carbons (Fsp3) is 0.0588. The Morgan fingerprint density at radius 3 is 2.18 bits per heavy atom. The van der Waals surface area contributed by atoms with Crippen LogP contribution < -0.4 is 5.32 Å². The number of hydrogen-bond acceptors (Lipinski definition) is 3. The molecule has 0 fully saturated rings. The summed E-state index contributed by atoms with van der Waals surface area (Å²) in [5.74, 6) is -1.14. The van der Waals surface area contributed by atoms with E-state index in [1.54, 1.807) is 24.3 Å². The number of nitrogens with zero attached hydrogens (tertiary/aromatic N) is 1. The molecular formula is C17H13FN2O2. The van der Waals surface area contributed by atoms with Crippen molar-refractivity contribution in [3.63, 3.8) is 0 Å². The lowest BCUT2D eigenvalue weighted by atomic mass is 10.0. The summed E-state index contributed by atoms with van der Waals surface area (Å²) in [5, 5.41) is 2.93. The van der Waals surface area contributed by atoms with Crippen LogP contribution in [0.1, 0.15) is 5.56 Å². The van der Waals surface area contributed by atoms with E-state index in [0.29, 0.717) is 16.8 Å². The molecule has 1 N–H and O–H groups in total. The minimum atomic E-state index is -0.409. The molecule has 5 heteroatoms. The van der Waals surface area contributed by atoms with Crippen molar-refractivity contribution in [2.75, 3.05) is 12.4 Å². The van der Waals surface area contributed by atoms with Crippen LogP contribution in [0.4, 0.5) is 10.1 Å². The first-order valence-corrected chi connectivity index (χ1v) is 6.72. The number of carbonyl (C=O) groups excluding carboxylic acids is 2. The van der Waals surface area contributed by atoms with E-state index < -0.39 is 5.91 Å². The average molecular weight is 296 g/mol. The maximum atomic E-state index is 13.0. The standard InChI is InChI=1S/C17H13FN2O2/c1-20-16(21)14(11-5-3-2-4-6-11)15(17(20)22)19-13-9-7-12(18)8-10-13/h2-10,19H,1H3. The van der Waals surface area contributed by atoms with Crippen molar-refractivity contribution >= 4 is 23.1 Å². The van der Waals surface area contributed by atoms with Crippen LogP contribution in [0, 0.1) is 5.82 Å². The van der Waals surface area contributed by atoms with E-state index >= 15 is 0 Å². The second-order valence-corrected chi connectivity index (χ2v) is 4.92. The van der Waals surface area contributed by atoms with Gasteiger partial charge in [-0.3, -0.25) is 14.5 Å². The van der Waals surface area contributed by atoms with Crippen LogP contribution in [-0.4, -0.2) is 23.8 Å². The van der Waals surface area contributed by atoms with Gasteiger partial charge in [0.25, 0.3) is 11.8 Å². The number of hydrogen-bond donors (Lipinski definition) is 1. The summed E-state index contributed by atoms with van der Waals surface area (Å²) in [7, 11) is 1.44. The van der Waals surface area contributed by atoms with Crippen LogP contribution >= 0.6 is 0 Å². The van der Waals surface area contributed by atoms with Crippen molar-refractivity contribution in [1.82, 2.24) is 4.90 Å². The minimum absolute atomic E-state index is 0.199. The van der Waals surface area contributed by atoms with Crippen molar-refractivity contribution in [3.05, 3.63) is 71.7 Å². The first-order chi connectivity index (χ1) is 10.6. The normalized spacial score (nSPS) is 14.7. The number of carbonyl (C=O) groups is 2. The molecule has 0 radical (unpaired) electrons. The highest BCUT2D eigenvalue weighted by atomic mass is 19.1. The van der Waals surface area contributed by atoms with Gasteiger partial charge in [-0.2, -0.15) is 0 Å². The molecule has 4 nitrogen and oxygen atoms in total. The van der Waals surface area contributed by atoms with Gasteiger partial charge < -0.3 is 5.32 Å². The number of likely N-dealkylation sites (N-methyl/N-ethyl adjacent to an activating group) is 1. The van der Waals surface area contributed by atoms with Gasteiger partial charge >= 0.3 is 0 Å². The number of benzene rings is 2. The maximum absolute atomic E-state index is 13.0. The molecule has 2 aromatic carbocycles. The maximum Gasteiger partial charge on any atom is 0.277 e.